The van der Waals surface area contributed by atoms with Crippen molar-refractivity contribution in [2.45, 2.75) is 25.5 Å². The molecule has 0 radical (unpaired) electrons. The summed E-state index contributed by atoms with van der Waals surface area (Å²) in [5.74, 6) is 1.29. The molecule has 2 heterocycles. The van der Waals surface area contributed by atoms with E-state index in [4.69, 9.17) is 9.47 Å². The van der Waals surface area contributed by atoms with Gasteiger partial charge in [0.25, 0.3) is 0 Å². The third-order valence-electron chi connectivity index (χ3n) is 3.50. The lowest BCUT2D eigenvalue weighted by Gasteiger charge is -2.25. The van der Waals surface area contributed by atoms with E-state index in [2.05, 4.69) is 17.2 Å². The highest BCUT2D eigenvalue weighted by atomic mass is 16.5. The Labute approximate surface area is 102 Å². The molecule has 17 heavy (non-hydrogen) atoms. The Kier molecular flexibility index (Phi) is 3.97. The lowest BCUT2D eigenvalue weighted by molar-refractivity contribution is 0.0962. The van der Waals surface area contributed by atoms with E-state index in [0.29, 0.717) is 12.0 Å². The molecule has 3 atom stereocenters. The van der Waals surface area contributed by atoms with Crippen molar-refractivity contribution in [3.05, 3.63) is 24.0 Å². The van der Waals surface area contributed by atoms with Crippen LogP contribution in [0.3, 0.4) is 0 Å². The van der Waals surface area contributed by atoms with Gasteiger partial charge in [-0.15, -0.1) is 0 Å². The van der Waals surface area contributed by atoms with Gasteiger partial charge >= 0.3 is 0 Å². The van der Waals surface area contributed by atoms with Crippen molar-refractivity contribution in [2.75, 3.05) is 20.8 Å². The predicted molar refractivity (Wildman–Crippen MR) is 66.1 cm³/mol. The first-order chi connectivity index (χ1) is 8.26. The molecule has 0 bridgehead atoms. The number of ether oxygens (including phenoxy) is 2. The Hall–Kier alpha value is -1.13. The molecule has 1 aromatic heterocycles. The summed E-state index contributed by atoms with van der Waals surface area (Å²) in [7, 11) is 3.64. The van der Waals surface area contributed by atoms with Gasteiger partial charge in [-0.05, 0) is 32.0 Å². The molecule has 1 aliphatic heterocycles. The second-order valence-electron chi connectivity index (χ2n) is 4.45. The molecular weight excluding hydrogens is 216 g/mol. The van der Waals surface area contributed by atoms with E-state index in [-0.39, 0.29) is 6.04 Å². The molecule has 4 nitrogen and oxygen atoms in total. The fourth-order valence-corrected chi connectivity index (χ4v) is 2.53. The first-order valence-corrected chi connectivity index (χ1v) is 6.04. The van der Waals surface area contributed by atoms with Gasteiger partial charge in [0.2, 0.25) is 0 Å². The fourth-order valence-electron chi connectivity index (χ4n) is 2.53. The van der Waals surface area contributed by atoms with Crippen molar-refractivity contribution >= 4 is 0 Å². The molecule has 2 rings (SSSR count). The molecular formula is C13H20N2O2. The zero-order valence-electron chi connectivity index (χ0n) is 10.6. The Bertz CT molecular complexity index is 370. The van der Waals surface area contributed by atoms with Crippen LogP contribution in [-0.4, -0.2) is 31.9 Å². The van der Waals surface area contributed by atoms with Crippen molar-refractivity contribution in [1.29, 1.82) is 0 Å². The smallest absolute Gasteiger partial charge is 0.137 e. The highest BCUT2D eigenvalue weighted by Crippen LogP contribution is 2.33. The highest BCUT2D eigenvalue weighted by Gasteiger charge is 2.32. The molecule has 1 saturated heterocycles. The Morgan fingerprint density at radius 3 is 2.94 bits per heavy atom. The summed E-state index contributed by atoms with van der Waals surface area (Å²) in [5, 5.41) is 3.37. The summed E-state index contributed by atoms with van der Waals surface area (Å²) >= 11 is 0. The number of aromatic nitrogens is 1. The van der Waals surface area contributed by atoms with E-state index in [1.807, 2.05) is 19.3 Å². The standard InChI is InChI=1S/C13H20N2O2/c1-9-12(4-5-17-9)13(14-2)10-6-11(16-3)8-15-7-10/h6-9,12-14H,4-5H2,1-3H3. The molecule has 94 valence electrons. The van der Waals surface area contributed by atoms with E-state index in [1.54, 1.807) is 13.3 Å². The zero-order chi connectivity index (χ0) is 12.3. The molecule has 3 unspecified atom stereocenters. The van der Waals surface area contributed by atoms with Crippen LogP contribution < -0.4 is 10.1 Å². The van der Waals surface area contributed by atoms with Crippen molar-refractivity contribution in [1.82, 2.24) is 10.3 Å². The van der Waals surface area contributed by atoms with Crippen molar-refractivity contribution < 1.29 is 9.47 Å². The van der Waals surface area contributed by atoms with Gasteiger partial charge in [0.15, 0.2) is 0 Å². The van der Waals surface area contributed by atoms with Crippen LogP contribution in [0.25, 0.3) is 0 Å². The first-order valence-electron chi connectivity index (χ1n) is 6.04. The summed E-state index contributed by atoms with van der Waals surface area (Å²) in [5.41, 5.74) is 1.16. The predicted octanol–water partition coefficient (Wildman–Crippen LogP) is 1.78. The summed E-state index contributed by atoms with van der Waals surface area (Å²) < 4.78 is 10.9. The number of pyridine rings is 1. The number of hydrogen-bond acceptors (Lipinski definition) is 4. The van der Waals surface area contributed by atoms with Gasteiger partial charge in [-0.2, -0.15) is 0 Å². The molecule has 1 fully saturated rings. The molecule has 1 aromatic rings. The molecule has 4 heteroatoms. The van der Waals surface area contributed by atoms with Gasteiger partial charge < -0.3 is 14.8 Å². The van der Waals surface area contributed by atoms with Gasteiger partial charge in [0.05, 0.1) is 19.4 Å². The van der Waals surface area contributed by atoms with Crippen LogP contribution in [0.2, 0.25) is 0 Å². The van der Waals surface area contributed by atoms with Crippen LogP contribution >= 0.6 is 0 Å². The highest BCUT2D eigenvalue weighted by molar-refractivity contribution is 5.26. The van der Waals surface area contributed by atoms with Crippen LogP contribution in [0.1, 0.15) is 24.9 Å². The number of hydrogen-bond donors (Lipinski definition) is 1. The Morgan fingerprint density at radius 1 is 1.53 bits per heavy atom. The maximum absolute atomic E-state index is 5.63. The average Bonchev–Trinajstić information content (AvgIpc) is 2.77. The normalized spacial score (nSPS) is 25.8. The maximum atomic E-state index is 5.63. The summed E-state index contributed by atoms with van der Waals surface area (Å²) in [4.78, 5) is 4.21. The van der Waals surface area contributed by atoms with Crippen molar-refractivity contribution in [3.8, 4) is 5.75 Å². The molecule has 0 aromatic carbocycles. The van der Waals surface area contributed by atoms with E-state index >= 15 is 0 Å². The van der Waals surface area contributed by atoms with Crippen LogP contribution in [0.4, 0.5) is 0 Å². The van der Waals surface area contributed by atoms with E-state index in [9.17, 15) is 0 Å². The lowest BCUT2D eigenvalue weighted by Crippen LogP contribution is -2.29. The van der Waals surface area contributed by atoms with Gasteiger partial charge in [-0.3, -0.25) is 4.98 Å². The SMILES string of the molecule is CNC(c1cncc(OC)c1)C1CCOC1C. The number of methoxy groups -OCH3 is 1. The van der Waals surface area contributed by atoms with E-state index < -0.39 is 0 Å². The first kappa shape index (κ1) is 12.3. The largest absolute Gasteiger partial charge is 0.495 e. The van der Waals surface area contributed by atoms with Crippen LogP contribution in [0.5, 0.6) is 5.75 Å². The maximum Gasteiger partial charge on any atom is 0.137 e. The topological polar surface area (TPSA) is 43.4 Å². The molecule has 1 N–H and O–H groups in total. The molecule has 1 aliphatic rings. The summed E-state index contributed by atoms with van der Waals surface area (Å²) in [6, 6.07) is 2.31. The third-order valence-corrected chi connectivity index (χ3v) is 3.50. The quantitative estimate of drug-likeness (QED) is 0.865. The molecule has 0 aliphatic carbocycles. The van der Waals surface area contributed by atoms with E-state index in [0.717, 1.165) is 24.3 Å². The van der Waals surface area contributed by atoms with Crippen LogP contribution in [0, 0.1) is 5.92 Å². The van der Waals surface area contributed by atoms with Crippen LogP contribution in [-0.2, 0) is 4.74 Å². The third kappa shape index (κ3) is 2.58. The second kappa shape index (κ2) is 5.47. The summed E-state index contributed by atoms with van der Waals surface area (Å²) in [6.07, 6.45) is 5.00. The minimum atomic E-state index is 0.273. The Morgan fingerprint density at radius 2 is 2.35 bits per heavy atom. The molecule has 0 amide bonds. The number of rotatable bonds is 4. The number of nitrogens with zero attached hydrogens (tertiary/aromatic N) is 1. The fraction of sp³-hybridized carbons (Fsp3) is 0.615. The van der Waals surface area contributed by atoms with Gasteiger partial charge in [-0.1, -0.05) is 0 Å². The van der Waals surface area contributed by atoms with E-state index in [1.165, 1.54) is 0 Å². The van der Waals surface area contributed by atoms with Crippen molar-refractivity contribution in [2.24, 2.45) is 5.92 Å². The Balaban J connectivity index is 2.21. The lowest BCUT2D eigenvalue weighted by atomic mass is 9.89. The van der Waals surface area contributed by atoms with Gasteiger partial charge in [0.1, 0.15) is 5.75 Å². The minimum Gasteiger partial charge on any atom is -0.495 e. The van der Waals surface area contributed by atoms with Crippen LogP contribution in [0.15, 0.2) is 18.5 Å². The minimum absolute atomic E-state index is 0.273. The number of nitrogens with one attached hydrogen (secondary N) is 1. The summed E-state index contributed by atoms with van der Waals surface area (Å²) in [6.45, 7) is 2.98. The second-order valence-corrected chi connectivity index (χ2v) is 4.45. The monoisotopic (exact) mass is 236 g/mol. The van der Waals surface area contributed by atoms with Gasteiger partial charge in [0, 0.05) is 24.8 Å². The average molecular weight is 236 g/mol. The molecule has 0 saturated carbocycles. The van der Waals surface area contributed by atoms with Gasteiger partial charge in [-0.25, -0.2) is 0 Å². The molecule has 0 spiro atoms. The zero-order valence-corrected chi connectivity index (χ0v) is 10.6. The van der Waals surface area contributed by atoms with Crippen molar-refractivity contribution in [3.63, 3.8) is 0 Å².